The number of carbonyl (C=O) groups is 1. The Morgan fingerprint density at radius 1 is 1.32 bits per heavy atom. The molecule has 0 fully saturated rings. The van der Waals surface area contributed by atoms with E-state index in [1.54, 1.807) is 11.3 Å². The summed E-state index contributed by atoms with van der Waals surface area (Å²) in [5.41, 5.74) is 0. The number of thiophene rings is 1. The third-order valence-electron chi connectivity index (χ3n) is 3.83. The quantitative estimate of drug-likeness (QED) is 0.698. The van der Waals surface area contributed by atoms with E-state index in [0.717, 1.165) is 13.0 Å². The van der Waals surface area contributed by atoms with Gasteiger partial charge in [-0.2, -0.15) is 0 Å². The number of rotatable bonds is 9. The topological polar surface area (TPSA) is 35.6 Å². The summed E-state index contributed by atoms with van der Waals surface area (Å²) >= 11 is 1.74. The molecule has 1 atom stereocenters. The first-order valence-corrected chi connectivity index (χ1v) is 9.09. The predicted octanol–water partition coefficient (Wildman–Crippen LogP) is 3.96. The van der Waals surface area contributed by atoms with Crippen molar-refractivity contribution in [3.05, 3.63) is 22.4 Å². The first kappa shape index (κ1) is 19.0. The van der Waals surface area contributed by atoms with Gasteiger partial charge in [-0.1, -0.05) is 25.8 Å². The summed E-state index contributed by atoms with van der Waals surface area (Å²) in [6, 6.07) is 4.70. The van der Waals surface area contributed by atoms with Crippen LogP contribution in [0.25, 0.3) is 0 Å². The van der Waals surface area contributed by atoms with Crippen LogP contribution in [0.4, 0.5) is 4.79 Å². The molecule has 0 bridgehead atoms. The van der Waals surface area contributed by atoms with Crippen molar-refractivity contribution in [3.63, 3.8) is 0 Å². The molecule has 1 heterocycles. The Bertz CT molecular complexity index is 418. The highest BCUT2D eigenvalue weighted by Crippen LogP contribution is 2.22. The van der Waals surface area contributed by atoms with Gasteiger partial charge in [0.25, 0.3) is 0 Å². The lowest BCUT2D eigenvalue weighted by Gasteiger charge is -2.29. The number of unbranched alkanes of at least 4 members (excludes halogenated alkanes) is 2. The lowest BCUT2D eigenvalue weighted by molar-refractivity contribution is 0.177. The summed E-state index contributed by atoms with van der Waals surface area (Å²) in [4.78, 5) is 17.9. The van der Waals surface area contributed by atoms with E-state index >= 15 is 0 Å². The van der Waals surface area contributed by atoms with Crippen LogP contribution < -0.4 is 5.32 Å². The molecule has 0 aromatic carbocycles. The number of hydrogen-bond donors (Lipinski definition) is 1. The van der Waals surface area contributed by atoms with Crippen molar-refractivity contribution in [1.82, 2.24) is 15.1 Å². The van der Waals surface area contributed by atoms with Gasteiger partial charge >= 0.3 is 6.03 Å². The van der Waals surface area contributed by atoms with Crippen molar-refractivity contribution in [2.45, 2.75) is 52.1 Å². The minimum Gasteiger partial charge on any atom is -0.336 e. The van der Waals surface area contributed by atoms with Crippen LogP contribution in [0, 0.1) is 0 Å². The second-order valence-electron chi connectivity index (χ2n) is 6.18. The fraction of sp³-hybridized carbons (Fsp3) is 0.706. The second-order valence-corrected chi connectivity index (χ2v) is 7.15. The second kappa shape index (κ2) is 9.85. The molecule has 1 rings (SSSR count). The van der Waals surface area contributed by atoms with E-state index in [9.17, 15) is 4.79 Å². The van der Waals surface area contributed by atoms with Crippen LogP contribution >= 0.6 is 11.3 Å². The van der Waals surface area contributed by atoms with Crippen molar-refractivity contribution >= 4 is 17.4 Å². The van der Waals surface area contributed by atoms with Crippen LogP contribution in [-0.2, 0) is 0 Å². The van der Waals surface area contributed by atoms with E-state index in [4.69, 9.17) is 0 Å². The molecule has 0 aliphatic heterocycles. The molecule has 0 aliphatic carbocycles. The van der Waals surface area contributed by atoms with Crippen molar-refractivity contribution in [1.29, 1.82) is 0 Å². The largest absolute Gasteiger partial charge is 0.336 e. The summed E-state index contributed by atoms with van der Waals surface area (Å²) in [6.45, 7) is 7.82. The van der Waals surface area contributed by atoms with Crippen LogP contribution in [0.1, 0.15) is 51.0 Å². The van der Waals surface area contributed by atoms with Gasteiger partial charge in [-0.05, 0) is 45.8 Å². The van der Waals surface area contributed by atoms with Crippen LogP contribution in [-0.4, -0.2) is 49.1 Å². The average molecular weight is 326 g/mol. The molecule has 22 heavy (non-hydrogen) atoms. The Morgan fingerprint density at radius 2 is 2.05 bits per heavy atom. The van der Waals surface area contributed by atoms with Gasteiger partial charge in [0.1, 0.15) is 0 Å². The zero-order valence-corrected chi connectivity index (χ0v) is 15.4. The van der Waals surface area contributed by atoms with E-state index in [1.165, 1.54) is 17.7 Å². The summed E-state index contributed by atoms with van der Waals surface area (Å²) in [5.74, 6) is 0. The standard InChI is InChI=1S/C17H31N3OS/c1-6-7-8-11-20(14(2)3)17(21)18-13-15(19(4)5)16-10-9-12-22-16/h9-10,12,14-15H,6-8,11,13H2,1-5H3,(H,18,21)/t15-/m1/s1. The monoisotopic (exact) mass is 325 g/mol. The van der Waals surface area contributed by atoms with Crippen LogP contribution in [0.5, 0.6) is 0 Å². The Balaban J connectivity index is 2.56. The van der Waals surface area contributed by atoms with Gasteiger partial charge in [-0.25, -0.2) is 4.79 Å². The molecule has 0 unspecified atom stereocenters. The smallest absolute Gasteiger partial charge is 0.317 e. The third-order valence-corrected chi connectivity index (χ3v) is 4.80. The third kappa shape index (κ3) is 5.97. The molecule has 1 N–H and O–H groups in total. The minimum atomic E-state index is 0.0505. The molecular weight excluding hydrogens is 294 g/mol. The number of likely N-dealkylation sites (N-methyl/N-ethyl adjacent to an activating group) is 1. The molecule has 1 aromatic rings. The molecule has 0 aliphatic rings. The van der Waals surface area contributed by atoms with Crippen molar-refractivity contribution in [2.75, 3.05) is 27.2 Å². The molecule has 126 valence electrons. The van der Waals surface area contributed by atoms with Gasteiger partial charge in [-0.15, -0.1) is 11.3 Å². The molecule has 5 heteroatoms. The van der Waals surface area contributed by atoms with Gasteiger partial charge in [0.15, 0.2) is 0 Å². The zero-order valence-electron chi connectivity index (χ0n) is 14.6. The Labute approximate surface area is 139 Å². The summed E-state index contributed by atoms with van der Waals surface area (Å²) in [5, 5.41) is 5.19. The molecule has 0 radical (unpaired) electrons. The maximum Gasteiger partial charge on any atom is 0.317 e. The molecular formula is C17H31N3OS. The highest BCUT2D eigenvalue weighted by molar-refractivity contribution is 7.10. The maximum absolute atomic E-state index is 12.5. The SMILES string of the molecule is CCCCCN(C(=O)NC[C@H](c1cccs1)N(C)C)C(C)C. The highest BCUT2D eigenvalue weighted by atomic mass is 32.1. The number of amides is 2. The Hall–Kier alpha value is -1.07. The summed E-state index contributed by atoms with van der Waals surface area (Å²) < 4.78 is 0. The lowest BCUT2D eigenvalue weighted by Crippen LogP contribution is -2.46. The summed E-state index contributed by atoms with van der Waals surface area (Å²) in [7, 11) is 4.11. The van der Waals surface area contributed by atoms with E-state index in [1.807, 2.05) is 4.90 Å². The number of nitrogens with one attached hydrogen (secondary N) is 1. The van der Waals surface area contributed by atoms with Gasteiger partial charge in [0, 0.05) is 24.0 Å². The minimum absolute atomic E-state index is 0.0505. The molecule has 0 saturated carbocycles. The molecule has 4 nitrogen and oxygen atoms in total. The van der Waals surface area contributed by atoms with E-state index in [0.29, 0.717) is 6.54 Å². The van der Waals surface area contributed by atoms with Gasteiger partial charge in [0.2, 0.25) is 0 Å². The Morgan fingerprint density at radius 3 is 2.55 bits per heavy atom. The normalized spacial score (nSPS) is 12.7. The molecule has 1 aromatic heterocycles. The maximum atomic E-state index is 12.5. The van der Waals surface area contributed by atoms with Crippen LogP contribution in [0.3, 0.4) is 0 Å². The molecule has 2 amide bonds. The first-order valence-electron chi connectivity index (χ1n) is 8.21. The Kier molecular flexibility index (Phi) is 8.49. The van der Waals surface area contributed by atoms with E-state index in [-0.39, 0.29) is 18.1 Å². The van der Waals surface area contributed by atoms with Gasteiger partial charge < -0.3 is 15.1 Å². The van der Waals surface area contributed by atoms with Gasteiger partial charge in [-0.3, -0.25) is 0 Å². The van der Waals surface area contributed by atoms with Crippen LogP contribution in [0.2, 0.25) is 0 Å². The van der Waals surface area contributed by atoms with Crippen molar-refractivity contribution < 1.29 is 4.79 Å². The van der Waals surface area contributed by atoms with Crippen molar-refractivity contribution in [3.8, 4) is 0 Å². The fourth-order valence-corrected chi connectivity index (χ4v) is 3.35. The molecule has 0 spiro atoms. The first-order chi connectivity index (χ1) is 10.5. The van der Waals surface area contributed by atoms with E-state index in [2.05, 4.69) is 62.6 Å². The number of hydrogen-bond acceptors (Lipinski definition) is 3. The highest BCUT2D eigenvalue weighted by Gasteiger charge is 2.20. The van der Waals surface area contributed by atoms with Crippen molar-refractivity contribution in [2.24, 2.45) is 0 Å². The van der Waals surface area contributed by atoms with Gasteiger partial charge in [0.05, 0.1) is 6.04 Å². The summed E-state index contributed by atoms with van der Waals surface area (Å²) in [6.07, 6.45) is 3.42. The number of nitrogens with zero attached hydrogens (tertiary/aromatic N) is 2. The van der Waals surface area contributed by atoms with Crippen LogP contribution in [0.15, 0.2) is 17.5 Å². The zero-order chi connectivity index (χ0) is 16.5. The molecule has 0 saturated heterocycles. The van der Waals surface area contributed by atoms with E-state index < -0.39 is 0 Å². The average Bonchev–Trinajstić information content (AvgIpc) is 2.96. The fourth-order valence-electron chi connectivity index (χ4n) is 2.43. The number of carbonyl (C=O) groups excluding carboxylic acids is 1. The predicted molar refractivity (Wildman–Crippen MR) is 95.5 cm³/mol. The lowest BCUT2D eigenvalue weighted by atomic mass is 10.2. The number of urea groups is 1.